The molecule has 0 aromatic carbocycles. The Bertz CT molecular complexity index is 988. The van der Waals surface area contributed by atoms with Gasteiger partial charge in [0, 0.05) is 25.0 Å². The van der Waals surface area contributed by atoms with Crippen molar-refractivity contribution in [1.82, 2.24) is 25.0 Å². The molecule has 142 valence electrons. The van der Waals surface area contributed by atoms with Gasteiger partial charge in [-0.1, -0.05) is 6.07 Å². The number of hydrogen-bond donors (Lipinski definition) is 1. The number of aromatic nitrogens is 3. The Morgan fingerprint density at radius 3 is 2.22 bits per heavy atom. The summed E-state index contributed by atoms with van der Waals surface area (Å²) in [5.74, 6) is -0.944. The number of amides is 2. The van der Waals surface area contributed by atoms with Crippen LogP contribution in [0.5, 0.6) is 0 Å². The molecule has 2 aliphatic heterocycles. The van der Waals surface area contributed by atoms with Gasteiger partial charge in [-0.25, -0.2) is 8.42 Å². The molecule has 27 heavy (non-hydrogen) atoms. The van der Waals surface area contributed by atoms with E-state index in [2.05, 4.69) is 15.2 Å². The summed E-state index contributed by atoms with van der Waals surface area (Å²) in [5, 5.41) is 6.71. The van der Waals surface area contributed by atoms with E-state index in [0.29, 0.717) is 0 Å². The number of carbonyl (C=O) groups excluding carboxylic acids is 2. The van der Waals surface area contributed by atoms with Crippen molar-refractivity contribution in [2.75, 3.05) is 24.6 Å². The van der Waals surface area contributed by atoms with Crippen molar-refractivity contribution in [3.63, 3.8) is 0 Å². The summed E-state index contributed by atoms with van der Waals surface area (Å²) in [7, 11) is -3.36. The molecule has 2 atom stereocenters. The zero-order valence-electron chi connectivity index (χ0n) is 14.7. The van der Waals surface area contributed by atoms with Crippen LogP contribution in [0, 0.1) is 6.92 Å². The predicted octanol–water partition coefficient (Wildman–Crippen LogP) is -0.123. The monoisotopic (exact) mass is 389 g/mol. The van der Waals surface area contributed by atoms with E-state index in [1.54, 1.807) is 31.2 Å². The van der Waals surface area contributed by atoms with E-state index in [0.717, 1.165) is 5.69 Å². The molecule has 2 aromatic heterocycles. The van der Waals surface area contributed by atoms with Gasteiger partial charge in [0.15, 0.2) is 9.84 Å². The fourth-order valence-corrected chi connectivity index (χ4v) is 5.75. The van der Waals surface area contributed by atoms with Gasteiger partial charge in [-0.2, -0.15) is 5.10 Å². The highest BCUT2D eigenvalue weighted by Gasteiger charge is 2.50. The summed E-state index contributed by atoms with van der Waals surface area (Å²) in [6.45, 7) is 2.29. The standard InChI is InChI=1S/C17H19N5O4S/c1-11-8-13(20-19-11)17(24)22-7-6-21(14-9-27(25,26)10-15(14)22)16(23)12-4-2-3-5-18-12/h2-5,8,14-15H,6-7,9-10H2,1H3,(H,19,20)/t14-,15+/m1/s1. The Morgan fingerprint density at radius 2 is 1.70 bits per heavy atom. The Kier molecular flexibility index (Phi) is 4.22. The highest BCUT2D eigenvalue weighted by Crippen LogP contribution is 2.29. The van der Waals surface area contributed by atoms with E-state index in [1.807, 2.05) is 0 Å². The molecule has 4 heterocycles. The number of aryl methyl sites for hydroxylation is 1. The van der Waals surface area contributed by atoms with Crippen LogP contribution in [0.1, 0.15) is 26.7 Å². The minimum Gasteiger partial charge on any atom is -0.329 e. The second kappa shape index (κ2) is 6.45. The van der Waals surface area contributed by atoms with Crippen LogP contribution in [0.4, 0.5) is 0 Å². The van der Waals surface area contributed by atoms with Gasteiger partial charge in [0.25, 0.3) is 11.8 Å². The van der Waals surface area contributed by atoms with Crippen LogP contribution in [0.25, 0.3) is 0 Å². The molecule has 0 saturated carbocycles. The van der Waals surface area contributed by atoms with Crippen molar-refractivity contribution in [2.45, 2.75) is 19.0 Å². The number of sulfone groups is 1. The zero-order chi connectivity index (χ0) is 19.2. The predicted molar refractivity (Wildman–Crippen MR) is 95.9 cm³/mol. The molecule has 2 aliphatic rings. The third-order valence-electron chi connectivity index (χ3n) is 5.01. The molecule has 4 rings (SSSR count). The van der Waals surface area contributed by atoms with E-state index < -0.39 is 21.9 Å². The van der Waals surface area contributed by atoms with Gasteiger partial charge < -0.3 is 9.80 Å². The first-order valence-corrected chi connectivity index (χ1v) is 10.4. The topological polar surface area (TPSA) is 116 Å². The van der Waals surface area contributed by atoms with Gasteiger partial charge in [-0.3, -0.25) is 19.7 Å². The van der Waals surface area contributed by atoms with Crippen molar-refractivity contribution in [1.29, 1.82) is 0 Å². The molecule has 1 N–H and O–H groups in total. The molecular formula is C17H19N5O4S. The van der Waals surface area contributed by atoms with Crippen molar-refractivity contribution in [2.24, 2.45) is 0 Å². The maximum Gasteiger partial charge on any atom is 0.274 e. The highest BCUT2D eigenvalue weighted by molar-refractivity contribution is 7.91. The number of fused-ring (bicyclic) bond motifs is 1. The smallest absolute Gasteiger partial charge is 0.274 e. The SMILES string of the molecule is Cc1cc(C(=O)N2CCN(C(=O)c3ccccn3)[C@@H]3CS(=O)(=O)C[C@@H]32)n[nH]1. The van der Waals surface area contributed by atoms with Crippen molar-refractivity contribution >= 4 is 21.7 Å². The van der Waals surface area contributed by atoms with Gasteiger partial charge in [0.05, 0.1) is 23.6 Å². The second-order valence-electron chi connectivity index (χ2n) is 6.86. The van der Waals surface area contributed by atoms with Crippen molar-refractivity contribution < 1.29 is 18.0 Å². The minimum atomic E-state index is -3.36. The molecule has 10 heteroatoms. The Labute approximate surface area is 156 Å². The fourth-order valence-electron chi connectivity index (χ4n) is 3.77. The number of carbonyl (C=O) groups is 2. The Balaban J connectivity index is 1.63. The lowest BCUT2D eigenvalue weighted by Gasteiger charge is -2.43. The summed E-state index contributed by atoms with van der Waals surface area (Å²) in [5.41, 5.74) is 1.27. The quantitative estimate of drug-likeness (QED) is 0.765. The lowest BCUT2D eigenvalue weighted by molar-refractivity contribution is 0.0275. The molecule has 2 amide bonds. The number of H-pyrrole nitrogens is 1. The minimum absolute atomic E-state index is 0.153. The van der Waals surface area contributed by atoms with Crippen LogP contribution >= 0.6 is 0 Å². The van der Waals surface area contributed by atoms with E-state index in [4.69, 9.17) is 0 Å². The summed E-state index contributed by atoms with van der Waals surface area (Å²) in [6, 6.07) is 5.49. The van der Waals surface area contributed by atoms with E-state index >= 15 is 0 Å². The molecule has 0 radical (unpaired) electrons. The summed E-state index contributed by atoms with van der Waals surface area (Å²) >= 11 is 0. The van der Waals surface area contributed by atoms with Crippen LogP contribution in [-0.4, -0.2) is 81.9 Å². The van der Waals surface area contributed by atoms with Crippen LogP contribution in [0.3, 0.4) is 0 Å². The fraction of sp³-hybridized carbons (Fsp3) is 0.412. The Hall–Kier alpha value is -2.75. The first-order valence-electron chi connectivity index (χ1n) is 8.61. The number of rotatable bonds is 2. The zero-order valence-corrected chi connectivity index (χ0v) is 15.5. The summed E-state index contributed by atoms with van der Waals surface area (Å²) in [4.78, 5) is 32.8. The van der Waals surface area contributed by atoms with Crippen molar-refractivity contribution in [3.05, 3.63) is 47.5 Å². The van der Waals surface area contributed by atoms with Gasteiger partial charge in [0.1, 0.15) is 11.4 Å². The van der Waals surface area contributed by atoms with E-state index in [1.165, 1.54) is 16.0 Å². The maximum absolute atomic E-state index is 12.9. The number of aromatic amines is 1. The summed E-state index contributed by atoms with van der Waals surface area (Å²) in [6.07, 6.45) is 1.52. The second-order valence-corrected chi connectivity index (χ2v) is 9.01. The first kappa shape index (κ1) is 17.7. The van der Waals surface area contributed by atoms with Crippen LogP contribution < -0.4 is 0 Å². The molecule has 0 aliphatic carbocycles. The van der Waals surface area contributed by atoms with Gasteiger partial charge in [-0.15, -0.1) is 0 Å². The highest BCUT2D eigenvalue weighted by atomic mass is 32.2. The molecule has 0 unspecified atom stereocenters. The van der Waals surface area contributed by atoms with Crippen LogP contribution in [-0.2, 0) is 9.84 Å². The molecule has 2 aromatic rings. The van der Waals surface area contributed by atoms with E-state index in [-0.39, 0.29) is 47.8 Å². The molecular weight excluding hydrogens is 370 g/mol. The number of piperazine rings is 1. The van der Waals surface area contributed by atoms with Gasteiger partial charge >= 0.3 is 0 Å². The third kappa shape index (κ3) is 3.20. The molecule has 0 bridgehead atoms. The maximum atomic E-state index is 12.9. The molecule has 9 nitrogen and oxygen atoms in total. The average molecular weight is 389 g/mol. The number of hydrogen-bond acceptors (Lipinski definition) is 6. The van der Waals surface area contributed by atoms with E-state index in [9.17, 15) is 18.0 Å². The number of nitrogens with one attached hydrogen (secondary N) is 1. The average Bonchev–Trinajstić information content (AvgIpc) is 3.22. The lowest BCUT2D eigenvalue weighted by Crippen LogP contribution is -2.62. The lowest BCUT2D eigenvalue weighted by atomic mass is 10.0. The molecule has 2 saturated heterocycles. The molecule has 2 fully saturated rings. The van der Waals surface area contributed by atoms with Crippen LogP contribution in [0.15, 0.2) is 30.5 Å². The van der Waals surface area contributed by atoms with Gasteiger partial charge in [0.2, 0.25) is 0 Å². The normalized spacial score (nSPS) is 23.9. The van der Waals surface area contributed by atoms with Crippen LogP contribution in [0.2, 0.25) is 0 Å². The first-order chi connectivity index (χ1) is 12.9. The summed E-state index contributed by atoms with van der Waals surface area (Å²) < 4.78 is 24.6. The number of nitrogens with zero attached hydrogens (tertiary/aromatic N) is 4. The number of pyridine rings is 1. The van der Waals surface area contributed by atoms with Crippen molar-refractivity contribution in [3.8, 4) is 0 Å². The third-order valence-corrected chi connectivity index (χ3v) is 6.71. The Morgan fingerprint density at radius 1 is 1.07 bits per heavy atom. The molecule has 0 spiro atoms. The largest absolute Gasteiger partial charge is 0.329 e. The van der Waals surface area contributed by atoms with Gasteiger partial charge in [-0.05, 0) is 25.1 Å².